The second-order valence-corrected chi connectivity index (χ2v) is 6.19. The molecule has 2 rings (SSSR count). The third-order valence-corrected chi connectivity index (χ3v) is 4.21. The van der Waals surface area contributed by atoms with Gasteiger partial charge in [0.25, 0.3) is 0 Å². The van der Waals surface area contributed by atoms with Crippen LogP contribution in [0.25, 0.3) is 0 Å². The van der Waals surface area contributed by atoms with Crippen LogP contribution in [-0.4, -0.2) is 6.54 Å². The van der Waals surface area contributed by atoms with Gasteiger partial charge in [-0.25, -0.2) is 0 Å². The van der Waals surface area contributed by atoms with Gasteiger partial charge in [-0.3, -0.25) is 0 Å². The van der Waals surface area contributed by atoms with Gasteiger partial charge in [0.05, 0.1) is 0 Å². The monoisotopic (exact) mass is 321 g/mol. The number of hydrogen-bond acceptors (Lipinski definition) is 1. The van der Waals surface area contributed by atoms with Gasteiger partial charge < -0.3 is 5.32 Å². The van der Waals surface area contributed by atoms with Crippen molar-refractivity contribution in [1.82, 2.24) is 5.32 Å². The molecule has 0 saturated carbocycles. The Hall–Kier alpha value is -1.02. The molecule has 0 fully saturated rings. The quantitative estimate of drug-likeness (QED) is 0.731. The van der Waals surface area contributed by atoms with Gasteiger partial charge in [-0.15, -0.1) is 0 Å². The molecule has 2 aromatic rings. The van der Waals surface area contributed by atoms with Gasteiger partial charge in [0.2, 0.25) is 0 Å². The highest BCUT2D eigenvalue weighted by atomic mass is 35.5. The standard InChI is InChI=1S/C18H21Cl2N/c1-3-9-21-18(12-14-5-4-6-16(19)11-14)15-7-8-17(20)13(2)10-15/h4-8,10-11,18,21H,3,9,12H2,1-2H3. The fourth-order valence-electron chi connectivity index (χ4n) is 2.41. The van der Waals surface area contributed by atoms with E-state index in [4.69, 9.17) is 23.2 Å². The van der Waals surface area contributed by atoms with Crippen LogP contribution in [0.3, 0.4) is 0 Å². The fraction of sp³-hybridized carbons (Fsp3) is 0.333. The molecule has 0 aliphatic rings. The SMILES string of the molecule is CCCNC(Cc1cccc(Cl)c1)c1ccc(Cl)c(C)c1. The van der Waals surface area contributed by atoms with E-state index in [1.807, 2.05) is 31.2 Å². The van der Waals surface area contributed by atoms with Crippen LogP contribution < -0.4 is 5.32 Å². The zero-order valence-electron chi connectivity index (χ0n) is 12.5. The Morgan fingerprint density at radius 3 is 2.57 bits per heavy atom. The van der Waals surface area contributed by atoms with E-state index in [1.54, 1.807) is 0 Å². The smallest absolute Gasteiger partial charge is 0.0435 e. The minimum atomic E-state index is 0.277. The van der Waals surface area contributed by atoms with Crippen molar-refractivity contribution < 1.29 is 0 Å². The minimum Gasteiger partial charge on any atom is -0.310 e. The molecule has 2 aromatic carbocycles. The number of benzene rings is 2. The number of halogens is 2. The maximum Gasteiger partial charge on any atom is 0.0435 e. The number of aryl methyl sites for hydroxylation is 1. The molecule has 1 N–H and O–H groups in total. The molecule has 0 heterocycles. The molecule has 0 radical (unpaired) electrons. The summed E-state index contributed by atoms with van der Waals surface area (Å²) in [4.78, 5) is 0. The fourth-order valence-corrected chi connectivity index (χ4v) is 2.74. The van der Waals surface area contributed by atoms with Crippen LogP contribution in [0.2, 0.25) is 10.0 Å². The lowest BCUT2D eigenvalue weighted by Gasteiger charge is -2.20. The van der Waals surface area contributed by atoms with Crippen LogP contribution in [0, 0.1) is 6.92 Å². The number of rotatable bonds is 6. The molecule has 0 aliphatic heterocycles. The summed E-state index contributed by atoms with van der Waals surface area (Å²) in [7, 11) is 0. The summed E-state index contributed by atoms with van der Waals surface area (Å²) in [5.74, 6) is 0. The molecule has 21 heavy (non-hydrogen) atoms. The van der Waals surface area contributed by atoms with Crippen molar-refractivity contribution in [3.05, 3.63) is 69.2 Å². The Morgan fingerprint density at radius 1 is 1.10 bits per heavy atom. The average Bonchev–Trinajstić information content (AvgIpc) is 2.46. The number of hydrogen-bond donors (Lipinski definition) is 1. The van der Waals surface area contributed by atoms with Crippen molar-refractivity contribution in [3.63, 3.8) is 0 Å². The largest absolute Gasteiger partial charge is 0.310 e. The third kappa shape index (κ3) is 4.74. The van der Waals surface area contributed by atoms with Crippen LogP contribution in [-0.2, 0) is 6.42 Å². The van der Waals surface area contributed by atoms with Crippen molar-refractivity contribution in [1.29, 1.82) is 0 Å². The summed E-state index contributed by atoms with van der Waals surface area (Å²) in [5, 5.41) is 5.22. The molecule has 0 spiro atoms. The molecule has 0 aliphatic carbocycles. The maximum absolute atomic E-state index is 6.13. The lowest BCUT2D eigenvalue weighted by Crippen LogP contribution is -2.24. The molecular weight excluding hydrogens is 301 g/mol. The van der Waals surface area contributed by atoms with Gasteiger partial charge in [-0.2, -0.15) is 0 Å². The Labute approximate surface area is 137 Å². The molecule has 3 heteroatoms. The summed E-state index contributed by atoms with van der Waals surface area (Å²) in [6.45, 7) is 5.21. The van der Waals surface area contributed by atoms with E-state index >= 15 is 0 Å². The summed E-state index contributed by atoms with van der Waals surface area (Å²) >= 11 is 12.2. The lowest BCUT2D eigenvalue weighted by molar-refractivity contribution is 0.529. The van der Waals surface area contributed by atoms with Crippen LogP contribution in [0.15, 0.2) is 42.5 Å². The van der Waals surface area contributed by atoms with E-state index in [-0.39, 0.29) is 6.04 Å². The predicted molar refractivity (Wildman–Crippen MR) is 92.4 cm³/mol. The molecule has 1 atom stereocenters. The lowest BCUT2D eigenvalue weighted by atomic mass is 9.97. The molecule has 112 valence electrons. The summed E-state index contributed by atoms with van der Waals surface area (Å²) in [6.07, 6.45) is 2.03. The first-order chi connectivity index (χ1) is 10.1. The summed E-state index contributed by atoms with van der Waals surface area (Å²) in [6, 6.07) is 14.6. The first kappa shape index (κ1) is 16.4. The van der Waals surface area contributed by atoms with Crippen LogP contribution in [0.5, 0.6) is 0 Å². The molecule has 0 aromatic heterocycles. The van der Waals surface area contributed by atoms with Gasteiger partial charge in [0, 0.05) is 16.1 Å². The van der Waals surface area contributed by atoms with Gasteiger partial charge >= 0.3 is 0 Å². The van der Waals surface area contributed by atoms with E-state index < -0.39 is 0 Å². The number of nitrogens with one attached hydrogen (secondary N) is 1. The first-order valence-electron chi connectivity index (χ1n) is 7.34. The summed E-state index contributed by atoms with van der Waals surface area (Å²) < 4.78 is 0. The highest BCUT2D eigenvalue weighted by molar-refractivity contribution is 6.31. The average molecular weight is 322 g/mol. The zero-order valence-corrected chi connectivity index (χ0v) is 14.0. The van der Waals surface area contributed by atoms with Gasteiger partial charge in [-0.1, -0.05) is 54.4 Å². The highest BCUT2D eigenvalue weighted by Gasteiger charge is 2.12. The Morgan fingerprint density at radius 2 is 1.90 bits per heavy atom. The Bertz CT molecular complexity index is 596. The van der Waals surface area contributed by atoms with Crippen molar-refractivity contribution in [2.75, 3.05) is 6.54 Å². The highest BCUT2D eigenvalue weighted by Crippen LogP contribution is 2.24. The molecular formula is C18H21Cl2N. The molecule has 1 nitrogen and oxygen atoms in total. The van der Waals surface area contributed by atoms with Crippen molar-refractivity contribution >= 4 is 23.2 Å². The Kier molecular flexibility index (Phi) is 6.10. The summed E-state index contributed by atoms with van der Waals surface area (Å²) in [5.41, 5.74) is 3.62. The third-order valence-electron chi connectivity index (χ3n) is 3.55. The zero-order chi connectivity index (χ0) is 15.2. The van der Waals surface area contributed by atoms with Crippen molar-refractivity contribution in [2.45, 2.75) is 32.7 Å². The van der Waals surface area contributed by atoms with Crippen molar-refractivity contribution in [2.24, 2.45) is 0 Å². The van der Waals surface area contributed by atoms with E-state index in [9.17, 15) is 0 Å². The van der Waals surface area contributed by atoms with Crippen LogP contribution in [0.1, 0.15) is 36.1 Å². The van der Waals surface area contributed by atoms with Gasteiger partial charge in [0.15, 0.2) is 0 Å². The first-order valence-corrected chi connectivity index (χ1v) is 8.09. The maximum atomic E-state index is 6.13. The molecule has 0 saturated heterocycles. The van der Waals surface area contributed by atoms with Gasteiger partial charge in [0.1, 0.15) is 0 Å². The normalized spacial score (nSPS) is 12.4. The topological polar surface area (TPSA) is 12.0 Å². The van der Waals surface area contributed by atoms with Crippen LogP contribution in [0.4, 0.5) is 0 Å². The Balaban J connectivity index is 2.22. The molecule has 0 bridgehead atoms. The van der Waals surface area contributed by atoms with Gasteiger partial charge in [-0.05, 0) is 61.2 Å². The predicted octanol–water partition coefficient (Wildman–Crippen LogP) is 5.59. The molecule has 1 unspecified atom stereocenters. The molecule has 0 amide bonds. The second-order valence-electron chi connectivity index (χ2n) is 5.35. The van der Waals surface area contributed by atoms with E-state index in [0.29, 0.717) is 0 Å². The minimum absolute atomic E-state index is 0.277. The van der Waals surface area contributed by atoms with E-state index in [1.165, 1.54) is 11.1 Å². The van der Waals surface area contributed by atoms with Crippen molar-refractivity contribution in [3.8, 4) is 0 Å². The second kappa shape index (κ2) is 7.84. The van der Waals surface area contributed by atoms with E-state index in [2.05, 4.69) is 30.4 Å². The van der Waals surface area contributed by atoms with Crippen LogP contribution >= 0.6 is 23.2 Å². The van der Waals surface area contributed by atoms with E-state index in [0.717, 1.165) is 35.0 Å².